The Hall–Kier alpha value is -2.86. The molecule has 0 aliphatic carbocycles. The fourth-order valence-electron chi connectivity index (χ4n) is 3.14. The average Bonchev–Trinajstić information content (AvgIpc) is 2.73. The maximum absolute atomic E-state index is 12.6. The van der Waals surface area contributed by atoms with E-state index in [0.717, 1.165) is 31.7 Å². The molecule has 0 bridgehead atoms. The first-order valence-corrected chi connectivity index (χ1v) is 9.64. The van der Waals surface area contributed by atoms with Crippen LogP contribution in [0.2, 0.25) is 0 Å². The minimum absolute atomic E-state index is 0.0661. The van der Waals surface area contributed by atoms with Crippen molar-refractivity contribution in [3.63, 3.8) is 0 Å². The van der Waals surface area contributed by atoms with Gasteiger partial charge in [0.2, 0.25) is 0 Å². The fraction of sp³-hybridized carbons (Fsp3) is 0.364. The molecule has 3 rings (SSSR count). The standard InChI is InChI=1S/C22H27N3O3/c1-3-28-20-6-4-5-19(15-20)21(26)23-16-17-7-9-18(10-8-17)22(27)25-13-11-24(2)12-14-25/h4-10,15H,3,11-14,16H2,1-2H3,(H,23,26). The van der Waals surface area contributed by atoms with Crippen molar-refractivity contribution in [2.24, 2.45) is 0 Å². The lowest BCUT2D eigenvalue weighted by atomic mass is 10.1. The summed E-state index contributed by atoms with van der Waals surface area (Å²) in [5.74, 6) is 0.595. The summed E-state index contributed by atoms with van der Waals surface area (Å²) in [6.45, 7) is 6.19. The van der Waals surface area contributed by atoms with Crippen molar-refractivity contribution in [1.29, 1.82) is 0 Å². The van der Waals surface area contributed by atoms with Gasteiger partial charge in [-0.2, -0.15) is 0 Å². The Morgan fingerprint density at radius 2 is 1.71 bits per heavy atom. The number of likely N-dealkylation sites (N-methyl/N-ethyl adjacent to an activating group) is 1. The first-order chi connectivity index (χ1) is 13.6. The molecule has 0 aromatic heterocycles. The second-order valence-corrected chi connectivity index (χ2v) is 6.94. The van der Waals surface area contributed by atoms with Gasteiger partial charge in [0.05, 0.1) is 6.61 Å². The van der Waals surface area contributed by atoms with E-state index in [0.29, 0.717) is 30.0 Å². The van der Waals surface area contributed by atoms with E-state index in [-0.39, 0.29) is 11.8 Å². The lowest BCUT2D eigenvalue weighted by Crippen LogP contribution is -2.47. The SMILES string of the molecule is CCOc1cccc(C(=O)NCc2ccc(C(=O)N3CCN(C)CC3)cc2)c1. The molecule has 0 radical (unpaired) electrons. The molecule has 1 saturated heterocycles. The summed E-state index contributed by atoms with van der Waals surface area (Å²) in [6, 6.07) is 14.6. The van der Waals surface area contributed by atoms with E-state index < -0.39 is 0 Å². The number of hydrogen-bond donors (Lipinski definition) is 1. The van der Waals surface area contributed by atoms with E-state index in [9.17, 15) is 9.59 Å². The van der Waals surface area contributed by atoms with Crippen molar-refractivity contribution in [3.8, 4) is 5.75 Å². The zero-order valence-electron chi connectivity index (χ0n) is 16.5. The van der Waals surface area contributed by atoms with Crippen LogP contribution >= 0.6 is 0 Å². The Kier molecular flexibility index (Phi) is 6.66. The number of carbonyl (C=O) groups excluding carboxylic acids is 2. The normalized spacial score (nSPS) is 14.6. The van der Waals surface area contributed by atoms with Gasteiger partial charge in [-0.15, -0.1) is 0 Å². The highest BCUT2D eigenvalue weighted by atomic mass is 16.5. The van der Waals surface area contributed by atoms with Gasteiger partial charge in [0.15, 0.2) is 0 Å². The number of nitrogens with zero attached hydrogens (tertiary/aromatic N) is 2. The van der Waals surface area contributed by atoms with E-state index in [2.05, 4.69) is 17.3 Å². The van der Waals surface area contributed by atoms with Gasteiger partial charge in [-0.05, 0) is 49.9 Å². The highest BCUT2D eigenvalue weighted by Gasteiger charge is 2.20. The fourth-order valence-corrected chi connectivity index (χ4v) is 3.14. The molecule has 1 aliphatic rings. The molecule has 2 aromatic carbocycles. The number of amides is 2. The molecule has 6 heteroatoms. The predicted octanol–water partition coefficient (Wildman–Crippen LogP) is 2.40. The highest BCUT2D eigenvalue weighted by Crippen LogP contribution is 2.14. The van der Waals surface area contributed by atoms with Crippen LogP contribution in [0.5, 0.6) is 5.75 Å². The number of nitrogens with one attached hydrogen (secondary N) is 1. The van der Waals surface area contributed by atoms with Crippen molar-refractivity contribution in [3.05, 3.63) is 65.2 Å². The number of ether oxygens (including phenoxy) is 1. The molecule has 6 nitrogen and oxygen atoms in total. The third-order valence-electron chi connectivity index (χ3n) is 4.85. The van der Waals surface area contributed by atoms with Gasteiger partial charge in [-0.3, -0.25) is 9.59 Å². The maximum Gasteiger partial charge on any atom is 0.253 e. The number of piperazine rings is 1. The Morgan fingerprint density at radius 1 is 1.00 bits per heavy atom. The Bertz CT molecular complexity index is 812. The molecule has 1 heterocycles. The van der Waals surface area contributed by atoms with Crippen LogP contribution in [-0.4, -0.2) is 61.4 Å². The zero-order chi connectivity index (χ0) is 19.9. The van der Waals surface area contributed by atoms with E-state index in [1.54, 1.807) is 18.2 Å². The number of rotatable bonds is 6. The summed E-state index contributed by atoms with van der Waals surface area (Å²) in [6.07, 6.45) is 0. The molecular formula is C22H27N3O3. The van der Waals surface area contributed by atoms with Crippen LogP contribution in [0.15, 0.2) is 48.5 Å². The zero-order valence-corrected chi connectivity index (χ0v) is 16.5. The van der Waals surface area contributed by atoms with Crippen molar-refractivity contribution < 1.29 is 14.3 Å². The van der Waals surface area contributed by atoms with Crippen molar-refractivity contribution in [1.82, 2.24) is 15.1 Å². The molecule has 28 heavy (non-hydrogen) atoms. The molecule has 1 N–H and O–H groups in total. The third-order valence-corrected chi connectivity index (χ3v) is 4.85. The van der Waals surface area contributed by atoms with E-state index in [1.165, 1.54) is 0 Å². The van der Waals surface area contributed by atoms with Crippen LogP contribution in [0, 0.1) is 0 Å². The largest absolute Gasteiger partial charge is 0.494 e. The van der Waals surface area contributed by atoms with Crippen LogP contribution in [0.4, 0.5) is 0 Å². The van der Waals surface area contributed by atoms with Crippen molar-refractivity contribution >= 4 is 11.8 Å². The third kappa shape index (κ3) is 5.10. The quantitative estimate of drug-likeness (QED) is 0.835. The first kappa shape index (κ1) is 19.9. The molecular weight excluding hydrogens is 354 g/mol. The van der Waals surface area contributed by atoms with Gasteiger partial charge in [-0.25, -0.2) is 0 Å². The van der Waals surface area contributed by atoms with Gasteiger partial charge in [0, 0.05) is 43.9 Å². The van der Waals surface area contributed by atoms with Gasteiger partial charge in [0.1, 0.15) is 5.75 Å². The predicted molar refractivity (Wildman–Crippen MR) is 109 cm³/mol. The Labute approximate surface area is 166 Å². The van der Waals surface area contributed by atoms with Crippen LogP contribution in [-0.2, 0) is 6.54 Å². The molecule has 1 fully saturated rings. The summed E-state index contributed by atoms with van der Waals surface area (Å²) in [5, 5.41) is 2.91. The van der Waals surface area contributed by atoms with E-state index >= 15 is 0 Å². The molecule has 0 spiro atoms. The molecule has 1 aliphatic heterocycles. The molecule has 0 unspecified atom stereocenters. The Balaban J connectivity index is 1.55. The first-order valence-electron chi connectivity index (χ1n) is 9.64. The summed E-state index contributed by atoms with van der Waals surface area (Å²) >= 11 is 0. The van der Waals surface area contributed by atoms with E-state index in [4.69, 9.17) is 4.74 Å². The highest BCUT2D eigenvalue weighted by molar-refractivity contribution is 5.95. The summed E-state index contributed by atoms with van der Waals surface area (Å²) in [5.41, 5.74) is 2.20. The van der Waals surface area contributed by atoms with E-state index in [1.807, 2.05) is 42.2 Å². The van der Waals surface area contributed by atoms with Crippen molar-refractivity contribution in [2.45, 2.75) is 13.5 Å². The Morgan fingerprint density at radius 3 is 2.39 bits per heavy atom. The minimum atomic E-state index is -0.154. The van der Waals surface area contributed by atoms with Crippen LogP contribution in [0.25, 0.3) is 0 Å². The van der Waals surface area contributed by atoms with Gasteiger partial charge in [0.25, 0.3) is 11.8 Å². The van der Waals surface area contributed by atoms with Crippen LogP contribution in [0.3, 0.4) is 0 Å². The number of benzene rings is 2. The minimum Gasteiger partial charge on any atom is -0.494 e. The lowest BCUT2D eigenvalue weighted by molar-refractivity contribution is 0.0664. The lowest BCUT2D eigenvalue weighted by Gasteiger charge is -2.32. The summed E-state index contributed by atoms with van der Waals surface area (Å²) in [4.78, 5) is 29.0. The van der Waals surface area contributed by atoms with Crippen LogP contribution < -0.4 is 10.1 Å². The van der Waals surface area contributed by atoms with Crippen LogP contribution in [0.1, 0.15) is 33.2 Å². The second kappa shape index (κ2) is 9.37. The molecule has 2 aromatic rings. The molecule has 0 atom stereocenters. The molecule has 2 amide bonds. The number of hydrogen-bond acceptors (Lipinski definition) is 4. The van der Waals surface area contributed by atoms with Crippen molar-refractivity contribution in [2.75, 3.05) is 39.8 Å². The molecule has 148 valence electrons. The topological polar surface area (TPSA) is 61.9 Å². The van der Waals surface area contributed by atoms with Gasteiger partial charge in [-0.1, -0.05) is 18.2 Å². The van der Waals surface area contributed by atoms with Gasteiger partial charge < -0.3 is 19.9 Å². The second-order valence-electron chi connectivity index (χ2n) is 6.94. The maximum atomic E-state index is 12.6. The summed E-state index contributed by atoms with van der Waals surface area (Å²) < 4.78 is 5.43. The van der Waals surface area contributed by atoms with Gasteiger partial charge >= 0.3 is 0 Å². The smallest absolute Gasteiger partial charge is 0.253 e. The summed E-state index contributed by atoms with van der Waals surface area (Å²) in [7, 11) is 2.07. The molecule has 0 saturated carbocycles. The monoisotopic (exact) mass is 381 g/mol. The number of carbonyl (C=O) groups is 2. The average molecular weight is 381 g/mol.